The molecule has 1 aliphatic heterocycles. The number of primary amides is 1. The number of hydrogen-bond donors (Lipinski definition) is 3. The molecular formula is C24H27N7O5S. The summed E-state index contributed by atoms with van der Waals surface area (Å²) in [5.41, 5.74) is 6.88. The van der Waals surface area contributed by atoms with Crippen LogP contribution in [0.2, 0.25) is 0 Å². The summed E-state index contributed by atoms with van der Waals surface area (Å²) in [5, 5.41) is 7.42. The van der Waals surface area contributed by atoms with Crippen LogP contribution < -0.4 is 15.8 Å². The summed E-state index contributed by atoms with van der Waals surface area (Å²) in [7, 11) is -3.54. The average molecular weight is 526 g/mol. The second kappa shape index (κ2) is 9.14. The number of likely N-dealkylation sites (tertiary alicyclic amines) is 1. The van der Waals surface area contributed by atoms with Crippen LogP contribution in [0.15, 0.2) is 36.4 Å². The van der Waals surface area contributed by atoms with Gasteiger partial charge in [-0.25, -0.2) is 13.4 Å². The van der Waals surface area contributed by atoms with E-state index in [2.05, 4.69) is 20.1 Å². The number of aryl methyl sites for hydroxylation is 1. The van der Waals surface area contributed by atoms with Crippen molar-refractivity contribution in [3.8, 4) is 0 Å². The third-order valence-electron chi connectivity index (χ3n) is 6.85. The first kappa shape index (κ1) is 24.7. The second-order valence-corrected chi connectivity index (χ2v) is 11.4. The van der Waals surface area contributed by atoms with Crippen molar-refractivity contribution in [1.82, 2.24) is 19.7 Å². The lowest BCUT2D eigenvalue weighted by atomic mass is 9.97. The van der Waals surface area contributed by atoms with Crippen LogP contribution in [0, 0.1) is 12.8 Å². The Kier molecular flexibility index (Phi) is 6.10. The molecule has 1 aliphatic carbocycles. The fraction of sp³-hybridized carbons (Fsp3) is 0.375. The van der Waals surface area contributed by atoms with Crippen LogP contribution >= 0.6 is 0 Å². The molecule has 2 bridgehead atoms. The third kappa shape index (κ3) is 4.86. The van der Waals surface area contributed by atoms with Gasteiger partial charge in [-0.3, -0.25) is 23.8 Å². The number of nitrogens with zero attached hydrogens (tertiary/aromatic N) is 4. The Morgan fingerprint density at radius 2 is 1.95 bits per heavy atom. The highest BCUT2D eigenvalue weighted by Gasteiger charge is 2.51. The molecule has 2 aromatic heterocycles. The van der Waals surface area contributed by atoms with Crippen molar-refractivity contribution >= 4 is 50.2 Å². The Balaban J connectivity index is 1.42. The fourth-order valence-corrected chi connectivity index (χ4v) is 6.02. The zero-order chi connectivity index (χ0) is 26.5. The smallest absolute Gasteiger partial charge is 0.269 e. The highest BCUT2D eigenvalue weighted by Crippen LogP contribution is 2.43. The van der Waals surface area contributed by atoms with Crippen molar-refractivity contribution in [2.75, 3.05) is 16.3 Å². The topological polar surface area (TPSA) is 169 Å². The number of benzene rings is 1. The quantitative estimate of drug-likeness (QED) is 0.416. The molecule has 12 nitrogen and oxygen atoms in total. The summed E-state index contributed by atoms with van der Waals surface area (Å²) in [5.74, 6) is -0.903. The summed E-state index contributed by atoms with van der Waals surface area (Å²) >= 11 is 0. The van der Waals surface area contributed by atoms with Crippen LogP contribution in [-0.4, -0.2) is 64.1 Å². The number of amides is 3. The highest BCUT2D eigenvalue weighted by atomic mass is 32.2. The van der Waals surface area contributed by atoms with Crippen molar-refractivity contribution in [2.24, 2.45) is 11.7 Å². The molecule has 13 heteroatoms. The highest BCUT2D eigenvalue weighted by molar-refractivity contribution is 7.92. The SMILES string of the molecule is Cc1cccc(NC(=O)[C@@H]2[C@H]3CC[C@H](C3)N2C(=O)Cn2nc(C(N)=O)c3cc(NS(C)(=O)=O)ccc32)n1. The van der Waals surface area contributed by atoms with Gasteiger partial charge in [0.05, 0.1) is 11.8 Å². The molecule has 1 saturated carbocycles. The molecular weight excluding hydrogens is 498 g/mol. The first-order valence-electron chi connectivity index (χ1n) is 11.8. The van der Waals surface area contributed by atoms with Crippen LogP contribution in [-0.2, 0) is 26.2 Å². The number of fused-ring (bicyclic) bond motifs is 3. The molecule has 0 radical (unpaired) electrons. The molecule has 3 aromatic rings. The Morgan fingerprint density at radius 1 is 1.16 bits per heavy atom. The van der Waals surface area contributed by atoms with Crippen molar-refractivity contribution < 1.29 is 22.8 Å². The van der Waals surface area contributed by atoms with Gasteiger partial charge in [0, 0.05) is 22.8 Å². The lowest BCUT2D eigenvalue weighted by molar-refractivity contribution is -0.141. The van der Waals surface area contributed by atoms with E-state index in [1.54, 1.807) is 23.1 Å². The number of carbonyl (C=O) groups excluding carboxylic acids is 3. The van der Waals surface area contributed by atoms with Crippen LogP contribution in [0.25, 0.3) is 10.9 Å². The van der Waals surface area contributed by atoms with Gasteiger partial charge in [-0.05, 0) is 62.4 Å². The molecule has 1 saturated heterocycles. The molecule has 0 spiro atoms. The second-order valence-electron chi connectivity index (χ2n) is 9.60. The lowest BCUT2D eigenvalue weighted by Crippen LogP contribution is -2.52. The maximum Gasteiger partial charge on any atom is 0.269 e. The zero-order valence-electron chi connectivity index (χ0n) is 20.3. The number of pyridine rings is 1. The van der Waals surface area contributed by atoms with E-state index in [1.807, 2.05) is 13.0 Å². The van der Waals surface area contributed by atoms with E-state index in [-0.39, 0.29) is 41.7 Å². The van der Waals surface area contributed by atoms with Gasteiger partial charge in [0.15, 0.2) is 5.69 Å². The summed E-state index contributed by atoms with van der Waals surface area (Å²) in [6.45, 7) is 1.62. The Bertz CT molecular complexity index is 1530. The van der Waals surface area contributed by atoms with Gasteiger partial charge in [-0.1, -0.05) is 6.07 Å². The van der Waals surface area contributed by atoms with Gasteiger partial charge >= 0.3 is 0 Å². The summed E-state index contributed by atoms with van der Waals surface area (Å²) < 4.78 is 27.0. The predicted octanol–water partition coefficient (Wildman–Crippen LogP) is 1.23. The molecule has 37 heavy (non-hydrogen) atoms. The van der Waals surface area contributed by atoms with Crippen molar-refractivity contribution in [2.45, 2.75) is 44.8 Å². The van der Waals surface area contributed by atoms with Gasteiger partial charge in [0.25, 0.3) is 5.91 Å². The van der Waals surface area contributed by atoms with Gasteiger partial charge in [-0.15, -0.1) is 0 Å². The van der Waals surface area contributed by atoms with Crippen LogP contribution in [0.3, 0.4) is 0 Å². The number of nitrogens with one attached hydrogen (secondary N) is 2. The van der Waals surface area contributed by atoms with E-state index >= 15 is 0 Å². The minimum Gasteiger partial charge on any atom is -0.364 e. The van der Waals surface area contributed by atoms with E-state index in [4.69, 9.17) is 5.73 Å². The van der Waals surface area contributed by atoms with Gasteiger partial charge in [0.1, 0.15) is 18.4 Å². The lowest BCUT2D eigenvalue weighted by Gasteiger charge is -2.34. The largest absolute Gasteiger partial charge is 0.364 e. The summed E-state index contributed by atoms with van der Waals surface area (Å²) in [6, 6.07) is 9.19. The fourth-order valence-electron chi connectivity index (χ4n) is 5.47. The number of rotatable bonds is 7. The predicted molar refractivity (Wildman–Crippen MR) is 136 cm³/mol. The van der Waals surface area contributed by atoms with Crippen molar-refractivity contribution in [1.29, 1.82) is 0 Å². The number of piperidine rings is 1. The van der Waals surface area contributed by atoms with E-state index < -0.39 is 22.0 Å². The monoisotopic (exact) mass is 525 g/mol. The maximum absolute atomic E-state index is 13.6. The van der Waals surface area contributed by atoms with Crippen molar-refractivity contribution in [3.05, 3.63) is 47.8 Å². The maximum atomic E-state index is 13.6. The molecule has 3 heterocycles. The Morgan fingerprint density at radius 3 is 2.65 bits per heavy atom. The van der Waals surface area contributed by atoms with Gasteiger partial charge in [0.2, 0.25) is 21.8 Å². The standard InChI is InChI=1S/C24H27N7O5S/c1-13-4-3-5-19(26-13)27-24(34)22-14-6-8-16(10-14)31(22)20(32)12-30-18-9-7-15(29-37(2,35)36)11-17(18)21(28-30)23(25)33/h3-5,7,9,11,14,16,22,29H,6,8,10,12H2,1-2H3,(H2,25,33)(H,26,27,34)/t14-,16+,22-/m0/s1. The summed E-state index contributed by atoms with van der Waals surface area (Å²) in [4.78, 5) is 44.9. The van der Waals surface area contributed by atoms with Gasteiger partial charge in [-0.2, -0.15) is 5.10 Å². The Labute approximate surface area is 213 Å². The normalized spacial score (nSPS) is 20.8. The van der Waals surface area contributed by atoms with Crippen LogP contribution in [0.5, 0.6) is 0 Å². The first-order chi connectivity index (χ1) is 17.5. The van der Waals surface area contributed by atoms with Crippen LogP contribution in [0.1, 0.15) is 35.4 Å². The molecule has 2 fully saturated rings. The number of hydrogen-bond acceptors (Lipinski definition) is 7. The first-order valence-corrected chi connectivity index (χ1v) is 13.7. The van der Waals surface area contributed by atoms with E-state index in [9.17, 15) is 22.8 Å². The zero-order valence-corrected chi connectivity index (χ0v) is 21.2. The number of sulfonamides is 1. The van der Waals surface area contributed by atoms with Crippen LogP contribution in [0.4, 0.5) is 11.5 Å². The molecule has 1 aromatic carbocycles. The molecule has 194 valence electrons. The number of nitrogens with two attached hydrogens (primary N) is 1. The molecule has 3 amide bonds. The van der Waals surface area contributed by atoms with E-state index in [1.165, 1.54) is 16.8 Å². The Hall–Kier alpha value is -4.00. The number of carbonyl (C=O) groups is 3. The van der Waals surface area contributed by atoms with Gasteiger partial charge < -0.3 is 16.0 Å². The molecule has 5 rings (SSSR count). The molecule has 3 atom stereocenters. The minimum absolute atomic E-state index is 0.0540. The minimum atomic E-state index is -3.54. The van der Waals surface area contributed by atoms with E-state index in [0.717, 1.165) is 31.2 Å². The molecule has 0 unspecified atom stereocenters. The molecule has 4 N–H and O–H groups in total. The number of anilines is 2. The number of aromatic nitrogens is 3. The molecule has 2 aliphatic rings. The van der Waals surface area contributed by atoms with Crippen molar-refractivity contribution in [3.63, 3.8) is 0 Å². The summed E-state index contributed by atoms with van der Waals surface area (Å²) in [6.07, 6.45) is 3.44. The van der Waals surface area contributed by atoms with E-state index in [0.29, 0.717) is 16.7 Å². The average Bonchev–Trinajstić information content (AvgIpc) is 3.51. The third-order valence-corrected chi connectivity index (χ3v) is 7.46.